The molecule has 0 amide bonds. The molecule has 2 rings (SSSR count). The van der Waals surface area contributed by atoms with Crippen molar-refractivity contribution in [2.45, 2.75) is 18.2 Å². The SMILES string of the molecule is COc1cc(CC(Br)c2cc(C)ccc2OC)ncn1. The molecule has 0 aliphatic heterocycles. The third-order valence-electron chi connectivity index (χ3n) is 3.02. The van der Waals surface area contributed by atoms with E-state index in [2.05, 4.69) is 38.9 Å². The summed E-state index contributed by atoms with van der Waals surface area (Å²) in [5.74, 6) is 1.45. The zero-order valence-electron chi connectivity index (χ0n) is 11.8. The molecule has 0 radical (unpaired) electrons. The van der Waals surface area contributed by atoms with Crippen LogP contribution < -0.4 is 9.47 Å². The summed E-state index contributed by atoms with van der Waals surface area (Å²) in [6.45, 7) is 2.07. The molecule has 0 saturated carbocycles. The van der Waals surface area contributed by atoms with Gasteiger partial charge in [0.25, 0.3) is 0 Å². The van der Waals surface area contributed by atoms with Crippen LogP contribution in [0.5, 0.6) is 11.6 Å². The molecule has 0 aliphatic rings. The van der Waals surface area contributed by atoms with Gasteiger partial charge in [-0.15, -0.1) is 0 Å². The van der Waals surface area contributed by atoms with Crippen molar-refractivity contribution in [2.24, 2.45) is 0 Å². The van der Waals surface area contributed by atoms with E-state index in [9.17, 15) is 0 Å². The maximum Gasteiger partial charge on any atom is 0.216 e. The minimum atomic E-state index is 0.122. The summed E-state index contributed by atoms with van der Waals surface area (Å²) in [6.07, 6.45) is 2.25. The molecule has 1 aromatic carbocycles. The van der Waals surface area contributed by atoms with Gasteiger partial charge in [-0.3, -0.25) is 0 Å². The molecule has 1 aromatic heterocycles. The highest BCUT2D eigenvalue weighted by atomic mass is 79.9. The van der Waals surface area contributed by atoms with Crippen molar-refractivity contribution in [3.8, 4) is 11.6 Å². The smallest absolute Gasteiger partial charge is 0.216 e. The normalized spacial score (nSPS) is 12.0. The molecule has 1 atom stereocenters. The summed E-state index contributed by atoms with van der Waals surface area (Å²) < 4.78 is 10.5. The minimum Gasteiger partial charge on any atom is -0.496 e. The van der Waals surface area contributed by atoms with Crippen molar-refractivity contribution < 1.29 is 9.47 Å². The molecule has 0 saturated heterocycles. The zero-order valence-corrected chi connectivity index (χ0v) is 13.3. The Balaban J connectivity index is 2.23. The summed E-state index contributed by atoms with van der Waals surface area (Å²) in [5.41, 5.74) is 3.23. The number of hydrogen-bond donors (Lipinski definition) is 0. The van der Waals surface area contributed by atoms with Gasteiger partial charge in [0.05, 0.1) is 14.2 Å². The third kappa shape index (κ3) is 3.48. The minimum absolute atomic E-state index is 0.122. The number of ether oxygens (including phenoxy) is 2. The number of halogens is 1. The van der Waals surface area contributed by atoms with Gasteiger partial charge in [-0.05, 0) is 13.0 Å². The van der Waals surface area contributed by atoms with Crippen LogP contribution in [0.4, 0.5) is 0 Å². The topological polar surface area (TPSA) is 44.2 Å². The summed E-state index contributed by atoms with van der Waals surface area (Å²) in [4.78, 5) is 8.40. The van der Waals surface area contributed by atoms with Crippen molar-refractivity contribution in [2.75, 3.05) is 14.2 Å². The third-order valence-corrected chi connectivity index (χ3v) is 3.84. The number of methoxy groups -OCH3 is 2. The van der Waals surface area contributed by atoms with Crippen LogP contribution in [-0.4, -0.2) is 24.2 Å². The van der Waals surface area contributed by atoms with E-state index in [1.54, 1.807) is 14.2 Å². The molecule has 0 N–H and O–H groups in total. The second kappa shape index (κ2) is 6.70. The lowest BCUT2D eigenvalue weighted by Crippen LogP contribution is -2.02. The molecule has 0 fully saturated rings. The van der Waals surface area contributed by atoms with Crippen LogP contribution in [0.1, 0.15) is 21.6 Å². The lowest BCUT2D eigenvalue weighted by atomic mass is 10.0. The molecule has 0 spiro atoms. The van der Waals surface area contributed by atoms with Gasteiger partial charge in [-0.25, -0.2) is 9.97 Å². The van der Waals surface area contributed by atoms with Crippen molar-refractivity contribution in [1.29, 1.82) is 0 Å². The second-order valence-electron chi connectivity index (χ2n) is 4.47. The molecule has 0 aliphatic carbocycles. The zero-order chi connectivity index (χ0) is 14.5. The highest BCUT2D eigenvalue weighted by Gasteiger charge is 2.15. The van der Waals surface area contributed by atoms with Gasteiger partial charge in [0.1, 0.15) is 12.1 Å². The van der Waals surface area contributed by atoms with E-state index in [4.69, 9.17) is 9.47 Å². The predicted molar refractivity (Wildman–Crippen MR) is 81.7 cm³/mol. The lowest BCUT2D eigenvalue weighted by molar-refractivity contribution is 0.395. The van der Waals surface area contributed by atoms with Crippen molar-refractivity contribution in [1.82, 2.24) is 9.97 Å². The quantitative estimate of drug-likeness (QED) is 0.784. The Labute approximate surface area is 127 Å². The first kappa shape index (κ1) is 14.8. The highest BCUT2D eigenvalue weighted by molar-refractivity contribution is 9.09. The number of nitrogens with zero attached hydrogens (tertiary/aromatic N) is 2. The Kier molecular flexibility index (Phi) is 4.95. The Morgan fingerprint density at radius 3 is 2.65 bits per heavy atom. The average molecular weight is 337 g/mol. The maximum absolute atomic E-state index is 5.42. The molecular formula is C15H17BrN2O2. The van der Waals surface area contributed by atoms with Gasteiger partial charge in [0, 0.05) is 28.6 Å². The summed E-state index contributed by atoms with van der Waals surface area (Å²) >= 11 is 3.71. The second-order valence-corrected chi connectivity index (χ2v) is 5.57. The standard InChI is InChI=1S/C15H17BrN2O2/c1-10-4-5-14(19-2)12(6-10)13(16)7-11-8-15(20-3)18-9-17-11/h4-6,8-9,13H,7H2,1-3H3. The maximum atomic E-state index is 5.42. The van der Waals surface area contributed by atoms with E-state index >= 15 is 0 Å². The summed E-state index contributed by atoms with van der Waals surface area (Å²) in [6, 6.07) is 7.99. The molecule has 1 heterocycles. The molecule has 5 heteroatoms. The summed E-state index contributed by atoms with van der Waals surface area (Å²) in [7, 11) is 3.28. The van der Waals surface area contributed by atoms with Crippen LogP contribution in [-0.2, 0) is 6.42 Å². The Morgan fingerprint density at radius 2 is 1.95 bits per heavy atom. The van der Waals surface area contributed by atoms with E-state index in [1.165, 1.54) is 11.9 Å². The molecule has 20 heavy (non-hydrogen) atoms. The van der Waals surface area contributed by atoms with Gasteiger partial charge >= 0.3 is 0 Å². The molecule has 0 bridgehead atoms. The number of alkyl halides is 1. The fourth-order valence-electron chi connectivity index (χ4n) is 1.99. The predicted octanol–water partition coefficient (Wildman–Crippen LogP) is 3.48. The number of rotatable bonds is 5. The molecule has 4 nitrogen and oxygen atoms in total. The van der Waals surface area contributed by atoms with Crippen molar-refractivity contribution in [3.63, 3.8) is 0 Å². The Morgan fingerprint density at radius 1 is 1.15 bits per heavy atom. The van der Waals surface area contributed by atoms with Crippen LogP contribution in [0.3, 0.4) is 0 Å². The number of benzene rings is 1. The summed E-state index contributed by atoms with van der Waals surface area (Å²) in [5, 5.41) is 0. The average Bonchev–Trinajstić information content (AvgIpc) is 2.47. The molecule has 1 unspecified atom stereocenters. The highest BCUT2D eigenvalue weighted by Crippen LogP contribution is 2.34. The number of aryl methyl sites for hydroxylation is 1. The van der Waals surface area contributed by atoms with E-state index in [0.717, 1.165) is 23.4 Å². The molecule has 106 valence electrons. The van der Waals surface area contributed by atoms with E-state index in [1.807, 2.05) is 18.2 Å². The lowest BCUT2D eigenvalue weighted by Gasteiger charge is -2.15. The van der Waals surface area contributed by atoms with Crippen LogP contribution in [0, 0.1) is 6.92 Å². The first-order chi connectivity index (χ1) is 9.63. The van der Waals surface area contributed by atoms with Crippen LogP contribution in [0.25, 0.3) is 0 Å². The monoisotopic (exact) mass is 336 g/mol. The van der Waals surface area contributed by atoms with E-state index in [-0.39, 0.29) is 4.83 Å². The van der Waals surface area contributed by atoms with Crippen molar-refractivity contribution in [3.05, 3.63) is 47.4 Å². The van der Waals surface area contributed by atoms with E-state index < -0.39 is 0 Å². The van der Waals surface area contributed by atoms with E-state index in [0.29, 0.717) is 5.88 Å². The Hall–Kier alpha value is -1.62. The largest absolute Gasteiger partial charge is 0.496 e. The van der Waals surface area contributed by atoms with Crippen LogP contribution in [0.15, 0.2) is 30.6 Å². The number of hydrogen-bond acceptors (Lipinski definition) is 4. The molecular weight excluding hydrogens is 320 g/mol. The fraction of sp³-hybridized carbons (Fsp3) is 0.333. The van der Waals surface area contributed by atoms with Crippen molar-refractivity contribution >= 4 is 15.9 Å². The van der Waals surface area contributed by atoms with Crippen LogP contribution >= 0.6 is 15.9 Å². The Bertz CT molecular complexity index is 590. The molecule has 2 aromatic rings. The van der Waals surface area contributed by atoms with Gasteiger partial charge < -0.3 is 9.47 Å². The van der Waals surface area contributed by atoms with Crippen LogP contribution in [0.2, 0.25) is 0 Å². The van der Waals surface area contributed by atoms with Gasteiger partial charge in [0.15, 0.2) is 0 Å². The fourth-order valence-corrected chi connectivity index (χ4v) is 2.68. The number of aromatic nitrogens is 2. The first-order valence-electron chi connectivity index (χ1n) is 6.27. The van der Waals surface area contributed by atoms with Gasteiger partial charge in [-0.2, -0.15) is 0 Å². The van der Waals surface area contributed by atoms with Gasteiger partial charge in [-0.1, -0.05) is 33.6 Å². The van der Waals surface area contributed by atoms with Gasteiger partial charge in [0.2, 0.25) is 5.88 Å². The first-order valence-corrected chi connectivity index (χ1v) is 7.19.